The average Bonchev–Trinajstić information content (AvgIpc) is 2.71. The lowest BCUT2D eigenvalue weighted by Crippen LogP contribution is -2.29. The summed E-state index contributed by atoms with van der Waals surface area (Å²) in [5.74, 6) is -0.163. The Morgan fingerprint density at radius 3 is 2.27 bits per heavy atom. The monoisotopic (exact) mass is 422 g/mol. The van der Waals surface area contributed by atoms with E-state index in [-0.39, 0.29) is 12.5 Å². The third-order valence-corrected chi connectivity index (χ3v) is 6.07. The van der Waals surface area contributed by atoms with Crippen LogP contribution in [0.25, 0.3) is 0 Å². The molecular formula is C24H26N2O3S. The Morgan fingerprint density at radius 1 is 0.933 bits per heavy atom. The molecule has 0 spiro atoms. The molecule has 0 radical (unpaired) electrons. The van der Waals surface area contributed by atoms with E-state index in [1.54, 1.807) is 30.3 Å². The van der Waals surface area contributed by atoms with Crippen LogP contribution in [0, 0.1) is 13.8 Å². The van der Waals surface area contributed by atoms with Crippen LogP contribution in [0.1, 0.15) is 32.6 Å². The highest BCUT2D eigenvalue weighted by Gasteiger charge is 2.18. The van der Waals surface area contributed by atoms with Gasteiger partial charge in [-0.3, -0.25) is 9.10 Å². The van der Waals surface area contributed by atoms with Gasteiger partial charge >= 0.3 is 0 Å². The van der Waals surface area contributed by atoms with E-state index >= 15 is 0 Å². The fraction of sp³-hybridized carbons (Fsp3) is 0.208. The van der Waals surface area contributed by atoms with Crippen LogP contribution in [-0.2, 0) is 23.1 Å². The molecule has 6 heteroatoms. The normalized spacial score (nSPS) is 11.2. The number of rotatable bonds is 7. The maximum absolute atomic E-state index is 12.5. The molecule has 3 rings (SSSR count). The molecule has 0 aliphatic heterocycles. The number of anilines is 1. The smallest absolute Gasteiger partial charge is 0.251 e. The predicted octanol–water partition coefficient (Wildman–Crippen LogP) is 4.20. The predicted molar refractivity (Wildman–Crippen MR) is 121 cm³/mol. The molecule has 0 aliphatic rings. The van der Waals surface area contributed by atoms with E-state index in [0.717, 1.165) is 22.3 Å². The first-order valence-corrected chi connectivity index (χ1v) is 11.5. The molecule has 0 bridgehead atoms. The van der Waals surface area contributed by atoms with E-state index in [1.807, 2.05) is 56.3 Å². The molecule has 0 heterocycles. The van der Waals surface area contributed by atoms with Crippen LogP contribution in [0.2, 0.25) is 0 Å². The molecule has 156 valence electrons. The Bertz CT molecular complexity index is 1140. The number of sulfonamides is 1. The van der Waals surface area contributed by atoms with E-state index in [1.165, 1.54) is 10.6 Å². The molecule has 0 fully saturated rings. The van der Waals surface area contributed by atoms with Crippen molar-refractivity contribution in [1.82, 2.24) is 5.32 Å². The second-order valence-corrected chi connectivity index (χ2v) is 9.32. The summed E-state index contributed by atoms with van der Waals surface area (Å²) in [4.78, 5) is 12.5. The van der Waals surface area contributed by atoms with Gasteiger partial charge in [0, 0.05) is 12.1 Å². The molecule has 0 saturated heterocycles. The Balaban J connectivity index is 1.71. The minimum atomic E-state index is -3.45. The number of carbonyl (C=O) groups is 1. The minimum absolute atomic E-state index is 0.163. The molecule has 0 unspecified atom stereocenters. The van der Waals surface area contributed by atoms with Crippen LogP contribution in [-0.4, -0.2) is 20.6 Å². The van der Waals surface area contributed by atoms with Crippen molar-refractivity contribution in [3.63, 3.8) is 0 Å². The topological polar surface area (TPSA) is 66.5 Å². The second kappa shape index (κ2) is 9.13. The third-order valence-electron chi connectivity index (χ3n) is 4.93. The summed E-state index contributed by atoms with van der Waals surface area (Å²) < 4.78 is 26.0. The van der Waals surface area contributed by atoms with Crippen molar-refractivity contribution in [1.29, 1.82) is 0 Å². The highest BCUT2D eigenvalue weighted by Crippen LogP contribution is 2.22. The van der Waals surface area contributed by atoms with E-state index < -0.39 is 10.0 Å². The van der Waals surface area contributed by atoms with E-state index in [0.29, 0.717) is 17.8 Å². The number of benzene rings is 3. The molecular weight excluding hydrogens is 396 g/mol. The van der Waals surface area contributed by atoms with E-state index in [9.17, 15) is 13.2 Å². The first-order valence-electron chi connectivity index (χ1n) is 9.70. The van der Waals surface area contributed by atoms with Crippen LogP contribution >= 0.6 is 0 Å². The number of nitrogens with one attached hydrogen (secondary N) is 1. The standard InChI is InChI=1S/C24H26N2O3S/c1-18-7-6-10-23(15-18)26(30(3,28)29)17-20-11-13-21(14-12-20)24(27)25-16-22-9-5-4-8-19(22)2/h4-15H,16-17H2,1-3H3,(H,25,27). The molecule has 30 heavy (non-hydrogen) atoms. The van der Waals surface area contributed by atoms with Crippen LogP contribution in [0.4, 0.5) is 5.69 Å². The number of hydrogen-bond acceptors (Lipinski definition) is 3. The van der Waals surface area contributed by atoms with Gasteiger partial charge in [-0.25, -0.2) is 8.42 Å². The molecule has 0 atom stereocenters. The van der Waals surface area contributed by atoms with Gasteiger partial charge in [0.05, 0.1) is 18.5 Å². The average molecular weight is 423 g/mol. The molecule has 5 nitrogen and oxygen atoms in total. The van der Waals surface area contributed by atoms with Crippen molar-refractivity contribution in [3.05, 3.63) is 101 Å². The molecule has 0 aromatic heterocycles. The summed E-state index contributed by atoms with van der Waals surface area (Å²) in [6.07, 6.45) is 1.20. The molecule has 0 saturated carbocycles. The minimum Gasteiger partial charge on any atom is -0.348 e. The van der Waals surface area contributed by atoms with Crippen molar-refractivity contribution in [2.45, 2.75) is 26.9 Å². The zero-order valence-corrected chi connectivity index (χ0v) is 18.2. The Morgan fingerprint density at radius 2 is 1.63 bits per heavy atom. The summed E-state index contributed by atoms with van der Waals surface area (Å²) in [5, 5.41) is 2.93. The van der Waals surface area contributed by atoms with Gasteiger partial charge in [0.25, 0.3) is 5.91 Å². The lowest BCUT2D eigenvalue weighted by molar-refractivity contribution is 0.0951. The van der Waals surface area contributed by atoms with Crippen molar-refractivity contribution in [2.75, 3.05) is 10.6 Å². The molecule has 0 aliphatic carbocycles. The van der Waals surface area contributed by atoms with Crippen LogP contribution in [0.3, 0.4) is 0 Å². The summed E-state index contributed by atoms with van der Waals surface area (Å²) >= 11 is 0. The van der Waals surface area contributed by atoms with Crippen LogP contribution < -0.4 is 9.62 Å². The van der Waals surface area contributed by atoms with E-state index in [4.69, 9.17) is 0 Å². The first kappa shape index (κ1) is 21.6. The molecule has 3 aromatic rings. The summed E-state index contributed by atoms with van der Waals surface area (Å²) in [5.41, 5.74) is 5.15. The Kier molecular flexibility index (Phi) is 6.57. The fourth-order valence-corrected chi connectivity index (χ4v) is 4.08. The van der Waals surface area contributed by atoms with Crippen molar-refractivity contribution >= 4 is 21.6 Å². The summed E-state index contributed by atoms with van der Waals surface area (Å²) in [6, 6.07) is 22.3. The lowest BCUT2D eigenvalue weighted by atomic mass is 10.1. The quantitative estimate of drug-likeness (QED) is 0.621. The zero-order chi connectivity index (χ0) is 21.7. The SMILES string of the molecule is Cc1cccc(N(Cc2ccc(C(=O)NCc3ccccc3C)cc2)S(C)(=O)=O)c1. The summed E-state index contributed by atoms with van der Waals surface area (Å²) in [7, 11) is -3.45. The number of carbonyl (C=O) groups excluding carboxylic acids is 1. The summed E-state index contributed by atoms with van der Waals surface area (Å²) in [6.45, 7) is 4.60. The van der Waals surface area contributed by atoms with Gasteiger partial charge in [-0.15, -0.1) is 0 Å². The second-order valence-electron chi connectivity index (χ2n) is 7.41. The number of amides is 1. The van der Waals surface area contributed by atoms with Gasteiger partial charge in [-0.05, 0) is 60.4 Å². The van der Waals surface area contributed by atoms with Crippen molar-refractivity contribution in [3.8, 4) is 0 Å². The van der Waals surface area contributed by atoms with Gasteiger partial charge in [0.15, 0.2) is 0 Å². The third kappa shape index (κ3) is 5.48. The highest BCUT2D eigenvalue weighted by molar-refractivity contribution is 7.92. The maximum Gasteiger partial charge on any atom is 0.251 e. The highest BCUT2D eigenvalue weighted by atomic mass is 32.2. The van der Waals surface area contributed by atoms with E-state index in [2.05, 4.69) is 5.32 Å². The van der Waals surface area contributed by atoms with Gasteiger partial charge in [-0.1, -0.05) is 48.5 Å². The largest absolute Gasteiger partial charge is 0.348 e. The Hall–Kier alpha value is -3.12. The zero-order valence-electron chi connectivity index (χ0n) is 17.4. The molecule has 1 amide bonds. The van der Waals surface area contributed by atoms with Crippen molar-refractivity contribution < 1.29 is 13.2 Å². The van der Waals surface area contributed by atoms with Gasteiger partial charge in [-0.2, -0.15) is 0 Å². The fourth-order valence-electron chi connectivity index (χ4n) is 3.20. The maximum atomic E-state index is 12.5. The van der Waals surface area contributed by atoms with Gasteiger partial charge in [0.1, 0.15) is 0 Å². The van der Waals surface area contributed by atoms with Crippen molar-refractivity contribution in [2.24, 2.45) is 0 Å². The van der Waals surface area contributed by atoms with Crippen LogP contribution in [0.15, 0.2) is 72.8 Å². The molecule has 1 N–H and O–H groups in total. The molecule has 3 aromatic carbocycles. The van der Waals surface area contributed by atoms with Crippen LogP contribution in [0.5, 0.6) is 0 Å². The Labute approximate surface area is 178 Å². The lowest BCUT2D eigenvalue weighted by Gasteiger charge is -2.23. The number of hydrogen-bond donors (Lipinski definition) is 1. The van der Waals surface area contributed by atoms with Gasteiger partial charge < -0.3 is 5.32 Å². The number of aryl methyl sites for hydroxylation is 2. The first-order chi connectivity index (χ1) is 14.2. The van der Waals surface area contributed by atoms with Gasteiger partial charge in [0.2, 0.25) is 10.0 Å². The number of nitrogens with zero attached hydrogens (tertiary/aromatic N) is 1.